The molecule has 1 aliphatic carbocycles. The number of carbonyl (C=O) groups is 1. The molecule has 1 heterocycles. The smallest absolute Gasteiger partial charge is 0.252 e. The first-order chi connectivity index (χ1) is 9.58. The van der Waals surface area contributed by atoms with E-state index in [0.29, 0.717) is 10.9 Å². The zero-order valence-corrected chi connectivity index (χ0v) is 12.9. The zero-order valence-electron chi connectivity index (χ0n) is 12.0. The normalized spacial score (nSPS) is 24.1. The molecule has 1 N–H and O–H groups in total. The molecular formula is C15H22N2O2S. The molecule has 4 nitrogen and oxygen atoms in total. The van der Waals surface area contributed by atoms with E-state index >= 15 is 0 Å². The van der Waals surface area contributed by atoms with E-state index in [1.807, 2.05) is 13.0 Å². The van der Waals surface area contributed by atoms with Crippen molar-refractivity contribution >= 4 is 17.7 Å². The van der Waals surface area contributed by atoms with Crippen LogP contribution in [-0.4, -0.2) is 17.2 Å². The van der Waals surface area contributed by atoms with Gasteiger partial charge in [-0.2, -0.15) is 4.73 Å². The second kappa shape index (κ2) is 6.97. The highest BCUT2D eigenvalue weighted by Crippen LogP contribution is 2.25. The second-order valence-electron chi connectivity index (χ2n) is 5.50. The molecule has 0 saturated heterocycles. The van der Waals surface area contributed by atoms with Crippen LogP contribution in [0.25, 0.3) is 0 Å². The lowest BCUT2D eigenvalue weighted by molar-refractivity contribution is -0.645. The van der Waals surface area contributed by atoms with Gasteiger partial charge in [-0.15, -0.1) is 0 Å². The molecule has 0 aliphatic heterocycles. The molecule has 2 rings (SSSR count). The first-order valence-electron chi connectivity index (χ1n) is 7.23. The van der Waals surface area contributed by atoms with Gasteiger partial charge in [-0.25, -0.2) is 0 Å². The van der Waals surface area contributed by atoms with Crippen molar-refractivity contribution in [2.75, 3.05) is 0 Å². The molecule has 20 heavy (non-hydrogen) atoms. The van der Waals surface area contributed by atoms with E-state index in [9.17, 15) is 10.0 Å². The van der Waals surface area contributed by atoms with Crippen LogP contribution in [0.15, 0.2) is 29.4 Å². The monoisotopic (exact) mass is 294 g/mol. The number of hydrogen-bond acceptors (Lipinski definition) is 3. The van der Waals surface area contributed by atoms with Gasteiger partial charge in [0.1, 0.15) is 0 Å². The molecule has 0 aromatic carbocycles. The Morgan fingerprint density at radius 3 is 2.90 bits per heavy atom. The minimum absolute atomic E-state index is 0.0256. The van der Waals surface area contributed by atoms with Crippen molar-refractivity contribution in [1.82, 2.24) is 5.32 Å². The summed E-state index contributed by atoms with van der Waals surface area (Å²) in [5, 5.41) is 15.0. The van der Waals surface area contributed by atoms with E-state index in [-0.39, 0.29) is 17.2 Å². The summed E-state index contributed by atoms with van der Waals surface area (Å²) in [6, 6.07) is 5.52. The molecule has 1 aliphatic rings. The standard InChI is InChI=1S/C15H22N2O2S/c1-11-7-3-4-8-13(11)16-15(18)12(2)20-14-9-5-6-10-17(14)19/h5-6,9-13H,3-4,7-8H2,1-2H3,(H,16,18)/t11-,12-,13+/m0/s1. The summed E-state index contributed by atoms with van der Waals surface area (Å²) < 4.78 is 0.803. The highest BCUT2D eigenvalue weighted by molar-refractivity contribution is 8.00. The van der Waals surface area contributed by atoms with Gasteiger partial charge >= 0.3 is 0 Å². The minimum atomic E-state index is -0.258. The Morgan fingerprint density at radius 1 is 1.45 bits per heavy atom. The maximum Gasteiger partial charge on any atom is 0.252 e. The van der Waals surface area contributed by atoms with Crippen LogP contribution in [0.1, 0.15) is 39.5 Å². The lowest BCUT2D eigenvalue weighted by Crippen LogP contribution is -2.44. The van der Waals surface area contributed by atoms with E-state index in [4.69, 9.17) is 0 Å². The summed E-state index contributed by atoms with van der Waals surface area (Å²) in [6.45, 7) is 4.05. The van der Waals surface area contributed by atoms with E-state index in [2.05, 4.69) is 12.2 Å². The molecule has 1 aromatic heterocycles. The predicted octanol–water partition coefficient (Wildman–Crippen LogP) is 2.50. The summed E-state index contributed by atoms with van der Waals surface area (Å²) in [5.74, 6) is 0.573. The van der Waals surface area contributed by atoms with E-state index in [0.717, 1.165) is 11.2 Å². The van der Waals surface area contributed by atoms with Crippen molar-refractivity contribution in [1.29, 1.82) is 0 Å². The van der Waals surface area contributed by atoms with Crippen LogP contribution in [0.4, 0.5) is 0 Å². The van der Waals surface area contributed by atoms with Gasteiger partial charge in [-0.3, -0.25) is 4.79 Å². The topological polar surface area (TPSA) is 56.0 Å². The Kier molecular flexibility index (Phi) is 5.29. The average molecular weight is 294 g/mol. The Morgan fingerprint density at radius 2 is 2.20 bits per heavy atom. The van der Waals surface area contributed by atoms with Gasteiger partial charge in [0.15, 0.2) is 6.20 Å². The third kappa shape index (κ3) is 3.88. The van der Waals surface area contributed by atoms with E-state index in [1.54, 1.807) is 12.1 Å². The molecule has 0 radical (unpaired) electrons. The van der Waals surface area contributed by atoms with Crippen molar-refractivity contribution in [3.8, 4) is 0 Å². The Hall–Kier alpha value is -1.23. The van der Waals surface area contributed by atoms with Crippen molar-refractivity contribution in [3.05, 3.63) is 29.6 Å². The van der Waals surface area contributed by atoms with Crippen LogP contribution in [-0.2, 0) is 4.79 Å². The van der Waals surface area contributed by atoms with Gasteiger partial charge in [0.05, 0.1) is 5.25 Å². The predicted molar refractivity (Wildman–Crippen MR) is 80.3 cm³/mol. The fourth-order valence-electron chi connectivity index (χ4n) is 2.57. The van der Waals surface area contributed by atoms with Crippen molar-refractivity contribution in [2.45, 2.75) is 55.8 Å². The first-order valence-corrected chi connectivity index (χ1v) is 8.11. The number of hydrogen-bond donors (Lipinski definition) is 1. The Balaban J connectivity index is 1.90. The third-order valence-electron chi connectivity index (χ3n) is 3.89. The molecule has 1 amide bonds. The summed E-state index contributed by atoms with van der Waals surface area (Å²) in [5.41, 5.74) is 0. The summed E-state index contributed by atoms with van der Waals surface area (Å²) in [6.07, 6.45) is 6.16. The van der Waals surface area contributed by atoms with E-state index < -0.39 is 0 Å². The summed E-state index contributed by atoms with van der Waals surface area (Å²) >= 11 is 1.31. The number of nitrogens with zero attached hydrogens (tertiary/aromatic N) is 1. The molecule has 1 aromatic rings. The summed E-state index contributed by atoms with van der Waals surface area (Å²) in [4.78, 5) is 12.2. The van der Waals surface area contributed by atoms with Gasteiger partial charge in [0.2, 0.25) is 5.91 Å². The largest absolute Gasteiger partial charge is 0.618 e. The van der Waals surface area contributed by atoms with Crippen LogP contribution < -0.4 is 10.0 Å². The molecule has 0 bridgehead atoms. The van der Waals surface area contributed by atoms with Gasteiger partial charge in [0, 0.05) is 18.2 Å². The average Bonchev–Trinajstić information content (AvgIpc) is 2.43. The maximum absolute atomic E-state index is 12.2. The molecular weight excluding hydrogens is 272 g/mol. The SMILES string of the molecule is C[C@H](Sc1cccc[n+]1[O-])C(=O)N[C@@H]1CCCC[C@@H]1C. The van der Waals surface area contributed by atoms with Crippen LogP contribution in [0.2, 0.25) is 0 Å². The molecule has 3 atom stereocenters. The molecule has 0 unspecified atom stereocenters. The number of aromatic nitrogens is 1. The quantitative estimate of drug-likeness (QED) is 0.527. The third-order valence-corrected chi connectivity index (χ3v) is 5.02. The van der Waals surface area contributed by atoms with Crippen molar-refractivity contribution < 1.29 is 9.52 Å². The molecule has 0 spiro atoms. The van der Waals surface area contributed by atoms with Crippen LogP contribution in [0.5, 0.6) is 0 Å². The van der Waals surface area contributed by atoms with Crippen LogP contribution in [0, 0.1) is 11.1 Å². The summed E-state index contributed by atoms with van der Waals surface area (Å²) in [7, 11) is 0. The molecule has 1 fully saturated rings. The van der Waals surface area contributed by atoms with Gasteiger partial charge in [0.25, 0.3) is 5.03 Å². The number of pyridine rings is 1. The lowest BCUT2D eigenvalue weighted by atomic mass is 9.86. The second-order valence-corrected chi connectivity index (χ2v) is 6.86. The zero-order chi connectivity index (χ0) is 14.5. The number of nitrogens with one attached hydrogen (secondary N) is 1. The fourth-order valence-corrected chi connectivity index (χ4v) is 3.43. The maximum atomic E-state index is 12.2. The number of amides is 1. The van der Waals surface area contributed by atoms with E-state index in [1.165, 1.54) is 37.2 Å². The molecule has 110 valence electrons. The Labute approximate surface area is 124 Å². The lowest BCUT2D eigenvalue weighted by Gasteiger charge is -2.30. The van der Waals surface area contributed by atoms with Gasteiger partial charge in [-0.05, 0) is 43.5 Å². The fraction of sp³-hybridized carbons (Fsp3) is 0.600. The highest BCUT2D eigenvalue weighted by Gasteiger charge is 2.26. The minimum Gasteiger partial charge on any atom is -0.618 e. The van der Waals surface area contributed by atoms with Crippen molar-refractivity contribution in [2.24, 2.45) is 5.92 Å². The van der Waals surface area contributed by atoms with Gasteiger partial charge in [-0.1, -0.05) is 19.8 Å². The molecule has 1 saturated carbocycles. The van der Waals surface area contributed by atoms with Crippen LogP contribution >= 0.6 is 11.8 Å². The molecule has 5 heteroatoms. The van der Waals surface area contributed by atoms with Crippen molar-refractivity contribution in [3.63, 3.8) is 0 Å². The first kappa shape index (κ1) is 15.2. The highest BCUT2D eigenvalue weighted by atomic mass is 32.2. The number of thioether (sulfide) groups is 1. The van der Waals surface area contributed by atoms with Crippen LogP contribution in [0.3, 0.4) is 0 Å². The number of carbonyl (C=O) groups excluding carboxylic acids is 1. The Bertz CT molecular complexity index is 467. The number of rotatable bonds is 4. The van der Waals surface area contributed by atoms with Gasteiger partial charge < -0.3 is 10.5 Å².